The van der Waals surface area contributed by atoms with Gasteiger partial charge in [0.25, 0.3) is 5.82 Å². The van der Waals surface area contributed by atoms with Crippen LogP contribution in [0.3, 0.4) is 0 Å². The van der Waals surface area contributed by atoms with E-state index in [1.165, 1.54) is 0 Å². The third-order valence-electron chi connectivity index (χ3n) is 4.17. The van der Waals surface area contributed by atoms with Gasteiger partial charge >= 0.3 is 6.18 Å². The minimum Gasteiger partial charge on any atom is -0.379 e. The number of fused-ring (bicyclic) bond motifs is 1. The Bertz CT molecular complexity index is 723. The summed E-state index contributed by atoms with van der Waals surface area (Å²) in [5, 5.41) is 14.0. The summed E-state index contributed by atoms with van der Waals surface area (Å²) < 4.78 is 45.1. The Hall–Kier alpha value is -1.94. The summed E-state index contributed by atoms with van der Waals surface area (Å²) in [4.78, 5) is 2.23. The summed E-state index contributed by atoms with van der Waals surface area (Å²) >= 11 is 0. The summed E-state index contributed by atoms with van der Waals surface area (Å²) in [6.07, 6.45) is -4.60. The molecule has 0 amide bonds. The van der Waals surface area contributed by atoms with Crippen LogP contribution in [0.5, 0.6) is 0 Å². The summed E-state index contributed by atoms with van der Waals surface area (Å²) in [5.74, 6) is -0.699. The van der Waals surface area contributed by atoms with Crippen molar-refractivity contribution in [1.29, 1.82) is 0 Å². The lowest BCUT2D eigenvalue weighted by molar-refractivity contribution is -0.146. The SMILES string of the molecule is Cc1c(NCCN2CCOCC2)nn2c(C(F)(F)F)nnc2c1C. The van der Waals surface area contributed by atoms with Crippen LogP contribution in [0.2, 0.25) is 0 Å². The molecule has 7 nitrogen and oxygen atoms in total. The van der Waals surface area contributed by atoms with Crippen molar-refractivity contribution in [2.75, 3.05) is 44.7 Å². The van der Waals surface area contributed by atoms with Gasteiger partial charge in [-0.1, -0.05) is 0 Å². The highest BCUT2D eigenvalue weighted by molar-refractivity contribution is 5.58. The number of anilines is 1. The number of alkyl halides is 3. The molecule has 1 N–H and O–H groups in total. The van der Waals surface area contributed by atoms with Gasteiger partial charge in [0.05, 0.1) is 13.2 Å². The van der Waals surface area contributed by atoms with E-state index in [0.717, 1.165) is 29.7 Å². The lowest BCUT2D eigenvalue weighted by Crippen LogP contribution is -2.39. The zero-order valence-corrected chi connectivity index (χ0v) is 13.5. The van der Waals surface area contributed by atoms with Gasteiger partial charge < -0.3 is 10.1 Å². The van der Waals surface area contributed by atoms with Crippen LogP contribution >= 0.6 is 0 Å². The second-order valence-corrected chi connectivity index (χ2v) is 5.74. The average molecular weight is 344 g/mol. The molecule has 0 saturated carbocycles. The van der Waals surface area contributed by atoms with Crippen molar-refractivity contribution >= 4 is 11.5 Å². The fourth-order valence-corrected chi connectivity index (χ4v) is 2.63. The van der Waals surface area contributed by atoms with Crippen LogP contribution in [-0.2, 0) is 10.9 Å². The van der Waals surface area contributed by atoms with Gasteiger partial charge in [-0.3, -0.25) is 4.90 Å². The third-order valence-corrected chi connectivity index (χ3v) is 4.17. The van der Waals surface area contributed by atoms with Gasteiger partial charge in [-0.05, 0) is 19.4 Å². The molecule has 2 aromatic rings. The van der Waals surface area contributed by atoms with E-state index in [-0.39, 0.29) is 5.65 Å². The first-order valence-electron chi connectivity index (χ1n) is 7.71. The van der Waals surface area contributed by atoms with Crippen LogP contribution in [-0.4, -0.2) is 64.1 Å². The Morgan fingerprint density at radius 1 is 1.12 bits per heavy atom. The Morgan fingerprint density at radius 2 is 1.83 bits per heavy atom. The van der Waals surface area contributed by atoms with Crippen molar-refractivity contribution in [1.82, 2.24) is 24.7 Å². The molecule has 0 atom stereocenters. The molecule has 3 heterocycles. The second kappa shape index (κ2) is 6.52. The molecule has 0 bridgehead atoms. The normalized spacial score (nSPS) is 16.7. The Labute approximate surface area is 136 Å². The van der Waals surface area contributed by atoms with E-state index >= 15 is 0 Å². The molecule has 1 fully saturated rings. The minimum atomic E-state index is -4.60. The van der Waals surface area contributed by atoms with E-state index in [1.807, 2.05) is 0 Å². The number of ether oxygens (including phenoxy) is 1. The number of rotatable bonds is 4. The molecule has 0 unspecified atom stereocenters. The maximum atomic E-state index is 13.0. The number of morpholine rings is 1. The topological polar surface area (TPSA) is 67.6 Å². The monoisotopic (exact) mass is 344 g/mol. The second-order valence-electron chi connectivity index (χ2n) is 5.74. The van der Waals surface area contributed by atoms with Crippen molar-refractivity contribution in [3.05, 3.63) is 17.0 Å². The van der Waals surface area contributed by atoms with E-state index in [2.05, 4.69) is 25.5 Å². The van der Waals surface area contributed by atoms with Crippen molar-refractivity contribution in [3.63, 3.8) is 0 Å². The molecule has 10 heteroatoms. The smallest absolute Gasteiger partial charge is 0.379 e. The molecule has 1 aliphatic heterocycles. The Kier molecular flexibility index (Phi) is 4.59. The van der Waals surface area contributed by atoms with Gasteiger partial charge in [0.1, 0.15) is 5.82 Å². The first kappa shape index (κ1) is 16.9. The Balaban J connectivity index is 1.80. The van der Waals surface area contributed by atoms with Crippen molar-refractivity contribution in [3.8, 4) is 0 Å². The highest BCUT2D eigenvalue weighted by Gasteiger charge is 2.38. The van der Waals surface area contributed by atoms with Crippen LogP contribution in [0.4, 0.5) is 19.0 Å². The first-order valence-corrected chi connectivity index (χ1v) is 7.71. The molecule has 1 saturated heterocycles. The summed E-state index contributed by atoms with van der Waals surface area (Å²) in [6.45, 7) is 8.01. The zero-order valence-electron chi connectivity index (χ0n) is 13.5. The fraction of sp³-hybridized carbons (Fsp3) is 0.643. The van der Waals surface area contributed by atoms with Gasteiger partial charge in [-0.2, -0.15) is 17.7 Å². The first-order chi connectivity index (χ1) is 11.4. The summed E-state index contributed by atoms with van der Waals surface area (Å²) in [6, 6.07) is 0. The molecule has 2 aromatic heterocycles. The van der Waals surface area contributed by atoms with Crippen molar-refractivity contribution in [2.45, 2.75) is 20.0 Å². The van der Waals surface area contributed by atoms with Gasteiger partial charge in [-0.25, -0.2) is 0 Å². The molecule has 0 aromatic carbocycles. The molecular weight excluding hydrogens is 325 g/mol. The van der Waals surface area contributed by atoms with Crippen molar-refractivity contribution in [2.24, 2.45) is 0 Å². The zero-order chi connectivity index (χ0) is 17.3. The number of nitrogens with zero attached hydrogens (tertiary/aromatic N) is 5. The fourth-order valence-electron chi connectivity index (χ4n) is 2.63. The molecular formula is C14H19F3N6O. The number of nitrogens with one attached hydrogen (secondary N) is 1. The van der Waals surface area contributed by atoms with Crippen LogP contribution in [0.15, 0.2) is 0 Å². The molecule has 1 aliphatic rings. The van der Waals surface area contributed by atoms with E-state index < -0.39 is 12.0 Å². The lowest BCUT2D eigenvalue weighted by Gasteiger charge is -2.26. The van der Waals surface area contributed by atoms with E-state index in [0.29, 0.717) is 31.1 Å². The average Bonchev–Trinajstić information content (AvgIpc) is 2.97. The predicted molar refractivity (Wildman–Crippen MR) is 81.0 cm³/mol. The molecule has 132 valence electrons. The summed E-state index contributed by atoms with van der Waals surface area (Å²) in [5.41, 5.74) is 1.52. The number of aromatic nitrogens is 4. The van der Waals surface area contributed by atoms with E-state index in [9.17, 15) is 13.2 Å². The van der Waals surface area contributed by atoms with E-state index in [1.54, 1.807) is 13.8 Å². The number of halogens is 3. The number of aryl methyl sites for hydroxylation is 1. The largest absolute Gasteiger partial charge is 0.453 e. The van der Waals surface area contributed by atoms with Crippen molar-refractivity contribution < 1.29 is 17.9 Å². The lowest BCUT2D eigenvalue weighted by atomic mass is 10.2. The number of hydrogen-bond donors (Lipinski definition) is 1. The Morgan fingerprint density at radius 3 is 2.50 bits per heavy atom. The van der Waals surface area contributed by atoms with Crippen LogP contribution in [0, 0.1) is 13.8 Å². The maximum Gasteiger partial charge on any atom is 0.453 e. The molecule has 3 rings (SSSR count). The summed E-state index contributed by atoms with van der Waals surface area (Å²) in [7, 11) is 0. The van der Waals surface area contributed by atoms with Crippen LogP contribution < -0.4 is 5.32 Å². The van der Waals surface area contributed by atoms with Gasteiger partial charge in [0.2, 0.25) is 0 Å². The molecule has 0 radical (unpaired) electrons. The molecule has 0 aliphatic carbocycles. The predicted octanol–water partition coefficient (Wildman–Crippen LogP) is 1.50. The van der Waals surface area contributed by atoms with E-state index in [4.69, 9.17) is 4.74 Å². The van der Waals surface area contributed by atoms with Gasteiger partial charge in [0, 0.05) is 31.7 Å². The standard InChI is InChI=1S/C14H19F3N6O/c1-9-10(2)12-19-20-13(14(15,16)17)23(12)21-11(9)18-3-4-22-5-7-24-8-6-22/h3-8H2,1-2H3,(H,18,21). The van der Waals surface area contributed by atoms with Crippen LogP contribution in [0.25, 0.3) is 5.65 Å². The van der Waals surface area contributed by atoms with Crippen LogP contribution in [0.1, 0.15) is 17.0 Å². The van der Waals surface area contributed by atoms with Gasteiger partial charge in [-0.15, -0.1) is 15.3 Å². The third kappa shape index (κ3) is 3.29. The van der Waals surface area contributed by atoms with Gasteiger partial charge in [0.15, 0.2) is 5.65 Å². The highest BCUT2D eigenvalue weighted by Crippen LogP contribution is 2.29. The maximum absolute atomic E-state index is 13.0. The number of hydrogen-bond acceptors (Lipinski definition) is 6. The quantitative estimate of drug-likeness (QED) is 0.907. The highest BCUT2D eigenvalue weighted by atomic mass is 19.4. The molecule has 0 spiro atoms. The minimum absolute atomic E-state index is 0.124. The molecule has 24 heavy (non-hydrogen) atoms.